The Kier molecular flexibility index (Phi) is 9.85. The van der Waals surface area contributed by atoms with Crippen molar-refractivity contribution in [3.8, 4) is 0 Å². The van der Waals surface area contributed by atoms with E-state index in [-0.39, 0.29) is 18.4 Å². The van der Waals surface area contributed by atoms with Crippen molar-refractivity contribution in [2.75, 3.05) is 25.0 Å². The van der Waals surface area contributed by atoms with Crippen LogP contribution >= 0.6 is 11.3 Å². The van der Waals surface area contributed by atoms with E-state index < -0.39 is 0 Å². The molecule has 0 bridgehead atoms. The second-order valence-electron chi connectivity index (χ2n) is 9.86. The van der Waals surface area contributed by atoms with Crippen LogP contribution in [-0.2, 0) is 4.79 Å². The zero-order valence-electron chi connectivity index (χ0n) is 21.4. The van der Waals surface area contributed by atoms with E-state index in [9.17, 15) is 14.7 Å². The van der Waals surface area contributed by atoms with Crippen molar-refractivity contribution in [3.05, 3.63) is 76.8 Å². The standard InChI is InChI=1S/C30H37N3O3S/c1-2-8-23(11-7-20-34)25-12-5-6-13-26(25)31-29(36)27-21-37-30(32-27)24-16-18-33(19-17-24)28(35)15-14-22-9-3-4-10-22/h2,5-8,11-13,21-22,24,34H,1,3-4,9-10,14-20H2,(H,31,36)/b11-7-,23-8+. The van der Waals surface area contributed by atoms with Crippen molar-refractivity contribution in [1.29, 1.82) is 0 Å². The first kappa shape index (κ1) is 27.0. The van der Waals surface area contributed by atoms with Crippen molar-refractivity contribution in [3.63, 3.8) is 0 Å². The Morgan fingerprint density at radius 3 is 2.65 bits per heavy atom. The van der Waals surface area contributed by atoms with Crippen molar-refractivity contribution in [2.24, 2.45) is 5.92 Å². The molecule has 2 aliphatic rings. The first-order valence-corrected chi connectivity index (χ1v) is 14.2. The first-order valence-electron chi connectivity index (χ1n) is 13.3. The Labute approximate surface area is 223 Å². The number of likely N-dealkylation sites (tertiary alicyclic amines) is 1. The molecular weight excluding hydrogens is 482 g/mol. The quantitative estimate of drug-likeness (QED) is 0.367. The molecule has 4 rings (SSSR count). The Balaban J connectivity index is 1.34. The fraction of sp³-hybridized carbons (Fsp3) is 0.433. The number of aliphatic hydroxyl groups excluding tert-OH is 1. The number of nitrogens with one attached hydrogen (secondary N) is 1. The van der Waals surface area contributed by atoms with Crippen molar-refractivity contribution >= 4 is 34.4 Å². The number of hydrogen-bond acceptors (Lipinski definition) is 5. The Morgan fingerprint density at radius 2 is 1.92 bits per heavy atom. The van der Waals surface area contributed by atoms with Gasteiger partial charge in [-0.25, -0.2) is 4.98 Å². The number of benzene rings is 1. The van der Waals surface area contributed by atoms with E-state index in [0.29, 0.717) is 23.7 Å². The van der Waals surface area contributed by atoms with Crippen LogP contribution in [0.5, 0.6) is 0 Å². The van der Waals surface area contributed by atoms with Gasteiger partial charge in [0.2, 0.25) is 5.91 Å². The van der Waals surface area contributed by atoms with Crippen LogP contribution in [0.3, 0.4) is 0 Å². The number of piperidine rings is 1. The molecule has 0 radical (unpaired) electrons. The van der Waals surface area contributed by atoms with Gasteiger partial charge < -0.3 is 15.3 Å². The molecule has 1 saturated heterocycles. The van der Waals surface area contributed by atoms with Gasteiger partial charge in [-0.15, -0.1) is 11.3 Å². The zero-order valence-corrected chi connectivity index (χ0v) is 22.2. The Bertz CT molecular complexity index is 1140. The lowest BCUT2D eigenvalue weighted by Crippen LogP contribution is -2.38. The summed E-state index contributed by atoms with van der Waals surface area (Å²) in [4.78, 5) is 32.4. The third-order valence-corrected chi connectivity index (χ3v) is 8.39. The second-order valence-corrected chi connectivity index (χ2v) is 10.7. The summed E-state index contributed by atoms with van der Waals surface area (Å²) in [7, 11) is 0. The van der Waals surface area contributed by atoms with E-state index >= 15 is 0 Å². The van der Waals surface area contributed by atoms with Crippen molar-refractivity contribution in [1.82, 2.24) is 9.88 Å². The number of anilines is 1. The molecule has 0 unspecified atom stereocenters. The predicted molar refractivity (Wildman–Crippen MR) is 151 cm³/mol. The van der Waals surface area contributed by atoms with Gasteiger partial charge in [0.25, 0.3) is 5.91 Å². The summed E-state index contributed by atoms with van der Waals surface area (Å²) in [6.45, 7) is 5.23. The molecule has 2 amide bonds. The van der Waals surface area contributed by atoms with Crippen LogP contribution in [0, 0.1) is 5.92 Å². The van der Waals surface area contributed by atoms with E-state index in [0.717, 1.165) is 54.4 Å². The van der Waals surface area contributed by atoms with E-state index in [1.807, 2.05) is 40.6 Å². The summed E-state index contributed by atoms with van der Waals surface area (Å²) in [6, 6.07) is 7.54. The van der Waals surface area contributed by atoms with Gasteiger partial charge in [-0.1, -0.05) is 74.8 Å². The van der Waals surface area contributed by atoms with Crippen LogP contribution in [0.15, 0.2) is 60.5 Å². The van der Waals surface area contributed by atoms with E-state index in [1.165, 1.54) is 37.0 Å². The van der Waals surface area contributed by atoms with Crippen molar-refractivity contribution < 1.29 is 14.7 Å². The van der Waals surface area contributed by atoms with Gasteiger partial charge in [-0.05, 0) is 36.8 Å². The fourth-order valence-electron chi connectivity index (χ4n) is 5.31. The molecular formula is C30H37N3O3S. The van der Waals surface area contributed by atoms with Crippen LogP contribution < -0.4 is 5.32 Å². The van der Waals surface area contributed by atoms with E-state index in [1.54, 1.807) is 18.2 Å². The topological polar surface area (TPSA) is 82.5 Å². The average molecular weight is 520 g/mol. The lowest BCUT2D eigenvalue weighted by Gasteiger charge is -2.31. The van der Waals surface area contributed by atoms with Crippen LogP contribution in [0.4, 0.5) is 5.69 Å². The smallest absolute Gasteiger partial charge is 0.275 e. The highest BCUT2D eigenvalue weighted by molar-refractivity contribution is 7.10. The number of para-hydroxylation sites is 1. The van der Waals surface area contributed by atoms with Crippen LogP contribution in [0.25, 0.3) is 5.57 Å². The number of aliphatic hydroxyl groups is 1. The van der Waals surface area contributed by atoms with Gasteiger partial charge in [0.15, 0.2) is 0 Å². The minimum atomic E-state index is -0.251. The molecule has 1 aliphatic carbocycles. The lowest BCUT2D eigenvalue weighted by atomic mass is 9.96. The molecule has 2 N–H and O–H groups in total. The number of aromatic nitrogens is 1. The molecule has 37 heavy (non-hydrogen) atoms. The number of amides is 2. The molecule has 1 aromatic heterocycles. The molecule has 196 valence electrons. The molecule has 1 saturated carbocycles. The lowest BCUT2D eigenvalue weighted by molar-refractivity contribution is -0.132. The van der Waals surface area contributed by atoms with Crippen LogP contribution in [-0.4, -0.2) is 46.5 Å². The summed E-state index contributed by atoms with van der Waals surface area (Å²) in [5.74, 6) is 1.07. The largest absolute Gasteiger partial charge is 0.392 e. The molecule has 1 aromatic carbocycles. The van der Waals surface area contributed by atoms with Crippen LogP contribution in [0.1, 0.15) is 78.3 Å². The Morgan fingerprint density at radius 1 is 1.16 bits per heavy atom. The van der Waals surface area contributed by atoms with Gasteiger partial charge in [0, 0.05) is 42.1 Å². The second kappa shape index (κ2) is 13.5. The summed E-state index contributed by atoms with van der Waals surface area (Å²) < 4.78 is 0. The third-order valence-electron chi connectivity index (χ3n) is 7.38. The first-order chi connectivity index (χ1) is 18.1. The zero-order chi connectivity index (χ0) is 26.0. The maximum absolute atomic E-state index is 13.1. The van der Waals surface area contributed by atoms with Gasteiger partial charge in [0.05, 0.1) is 11.6 Å². The highest BCUT2D eigenvalue weighted by Crippen LogP contribution is 2.33. The molecule has 1 aliphatic heterocycles. The van der Waals surface area contributed by atoms with Gasteiger partial charge >= 0.3 is 0 Å². The fourth-order valence-corrected chi connectivity index (χ4v) is 6.28. The number of carbonyl (C=O) groups is 2. The van der Waals surface area contributed by atoms with Gasteiger partial charge in [-0.2, -0.15) is 0 Å². The number of hydrogen-bond donors (Lipinski definition) is 2. The monoisotopic (exact) mass is 519 g/mol. The number of rotatable bonds is 10. The summed E-state index contributed by atoms with van der Waals surface area (Å²) in [5, 5.41) is 15.0. The number of allylic oxidation sites excluding steroid dienone is 4. The van der Waals surface area contributed by atoms with Crippen LogP contribution in [0.2, 0.25) is 0 Å². The maximum Gasteiger partial charge on any atom is 0.275 e. The highest BCUT2D eigenvalue weighted by Gasteiger charge is 2.27. The van der Waals surface area contributed by atoms with Gasteiger partial charge in [0.1, 0.15) is 5.69 Å². The minimum Gasteiger partial charge on any atom is -0.392 e. The molecule has 7 heteroatoms. The Hall–Kier alpha value is -3.03. The molecule has 6 nitrogen and oxygen atoms in total. The van der Waals surface area contributed by atoms with Crippen molar-refractivity contribution in [2.45, 2.75) is 57.3 Å². The highest BCUT2D eigenvalue weighted by atomic mass is 32.1. The molecule has 2 heterocycles. The molecule has 2 fully saturated rings. The number of nitrogens with zero attached hydrogens (tertiary/aromatic N) is 2. The molecule has 0 atom stereocenters. The average Bonchev–Trinajstić information content (AvgIpc) is 3.63. The van der Waals surface area contributed by atoms with E-state index in [2.05, 4.69) is 16.9 Å². The number of carbonyl (C=O) groups excluding carboxylic acids is 2. The summed E-state index contributed by atoms with van der Waals surface area (Å²) >= 11 is 1.52. The van der Waals surface area contributed by atoms with Gasteiger partial charge in [-0.3, -0.25) is 9.59 Å². The third kappa shape index (κ3) is 7.27. The molecule has 0 spiro atoms. The molecule has 2 aromatic rings. The SMILES string of the molecule is C=C/C=C(\C=C/CO)c1ccccc1NC(=O)c1csc(C2CCN(C(=O)CCC3CCCC3)CC2)n1. The minimum absolute atomic E-state index is 0.0713. The normalized spacial score (nSPS) is 17.4. The predicted octanol–water partition coefficient (Wildman–Crippen LogP) is 6.19. The summed E-state index contributed by atoms with van der Waals surface area (Å²) in [6.07, 6.45) is 15.7. The van der Waals surface area contributed by atoms with E-state index in [4.69, 9.17) is 0 Å². The number of thiazole rings is 1. The summed E-state index contributed by atoms with van der Waals surface area (Å²) in [5.41, 5.74) is 2.75. The maximum atomic E-state index is 13.1.